The number of benzene rings is 2. The molecule has 0 amide bonds. The van der Waals surface area contributed by atoms with Gasteiger partial charge in [0.1, 0.15) is 0 Å². The number of unbranched alkanes of at least 4 members (excludes halogenated alkanes) is 20. The van der Waals surface area contributed by atoms with Gasteiger partial charge in [-0.3, -0.25) is 4.57 Å². The zero-order chi connectivity index (χ0) is 45.3. The van der Waals surface area contributed by atoms with Gasteiger partial charge in [-0.25, -0.2) is 8.78 Å². The molecule has 0 radical (unpaired) electrons. The Hall–Kier alpha value is -1.95. The molecule has 0 bridgehead atoms. The second-order valence-corrected chi connectivity index (χ2v) is 20.9. The van der Waals surface area contributed by atoms with Crippen molar-refractivity contribution in [3.8, 4) is 11.5 Å². The first-order valence-electron chi connectivity index (χ1n) is 27.1. The molecule has 0 heterocycles. The van der Waals surface area contributed by atoms with E-state index in [9.17, 15) is 13.3 Å². The zero-order valence-electron chi connectivity index (χ0n) is 40.9. The molecule has 2 fully saturated rings. The highest BCUT2D eigenvalue weighted by Crippen LogP contribution is 2.40. The highest BCUT2D eigenvalue weighted by atomic mass is 31.1. The van der Waals surface area contributed by atoms with Gasteiger partial charge < -0.3 is 18.5 Å². The molecule has 64 heavy (non-hydrogen) atoms. The molecule has 8 heteroatoms. The lowest BCUT2D eigenvalue weighted by molar-refractivity contribution is 0.218. The third-order valence-electron chi connectivity index (χ3n) is 14.5. The minimum Gasteiger partial charge on any atom is -0.491 e. The summed E-state index contributed by atoms with van der Waals surface area (Å²) in [5, 5.41) is 0. The van der Waals surface area contributed by atoms with E-state index < -0.39 is 8.25 Å². The van der Waals surface area contributed by atoms with Crippen LogP contribution in [0.4, 0.5) is 8.78 Å². The summed E-state index contributed by atoms with van der Waals surface area (Å²) in [6, 6.07) is 11.4. The first kappa shape index (κ1) is 54.7. The van der Waals surface area contributed by atoms with E-state index in [4.69, 9.17) is 18.5 Å². The van der Waals surface area contributed by atoms with Crippen LogP contribution >= 0.6 is 8.25 Å². The van der Waals surface area contributed by atoms with E-state index in [0.29, 0.717) is 49.8 Å². The highest BCUT2D eigenvalue weighted by Gasteiger charge is 2.24. The molecule has 5 nitrogen and oxygen atoms in total. The van der Waals surface area contributed by atoms with Gasteiger partial charge in [-0.05, 0) is 136 Å². The van der Waals surface area contributed by atoms with E-state index in [1.54, 1.807) is 12.1 Å². The lowest BCUT2D eigenvalue weighted by atomic mass is 9.77. The predicted molar refractivity (Wildman–Crippen MR) is 265 cm³/mol. The fourth-order valence-corrected chi connectivity index (χ4v) is 11.0. The summed E-state index contributed by atoms with van der Waals surface area (Å²) < 4.78 is 64.3. The van der Waals surface area contributed by atoms with Crippen LogP contribution < -0.4 is 9.47 Å². The maximum Gasteiger partial charge on any atom is 0.319 e. The summed E-state index contributed by atoms with van der Waals surface area (Å²) in [4.78, 5) is 0. The van der Waals surface area contributed by atoms with Crippen LogP contribution in [-0.2, 0) is 13.6 Å². The normalized spacial score (nSPS) is 19.5. The van der Waals surface area contributed by atoms with Gasteiger partial charge in [0.15, 0.2) is 23.1 Å². The maximum atomic E-state index is 14.8. The molecular weight excluding hydrogens is 822 g/mol. The van der Waals surface area contributed by atoms with E-state index in [1.165, 1.54) is 167 Å². The first-order valence-corrected chi connectivity index (χ1v) is 28.3. The van der Waals surface area contributed by atoms with Crippen LogP contribution in [0, 0.1) is 23.5 Å². The third kappa shape index (κ3) is 23.7. The summed E-state index contributed by atoms with van der Waals surface area (Å²) >= 11 is 0. The summed E-state index contributed by atoms with van der Waals surface area (Å²) in [5.41, 5.74) is 2.30. The monoisotopic (exact) mass is 915 g/mol. The summed E-state index contributed by atoms with van der Waals surface area (Å²) in [6.07, 6.45) is 40.9. The van der Waals surface area contributed by atoms with Gasteiger partial charge in [0.05, 0.1) is 26.4 Å². The Morgan fingerprint density at radius 3 is 1.09 bits per heavy atom. The minimum atomic E-state index is -2.39. The molecule has 0 saturated heterocycles. The molecule has 2 aliphatic carbocycles. The fraction of sp³-hybridized carbons (Fsp3) is 0.786. The first-order chi connectivity index (χ1) is 31.5. The van der Waals surface area contributed by atoms with Crippen molar-refractivity contribution >= 4 is 8.25 Å². The van der Waals surface area contributed by atoms with Crippen molar-refractivity contribution in [2.75, 3.05) is 26.4 Å². The second-order valence-electron chi connectivity index (χ2n) is 19.8. The molecule has 2 aromatic carbocycles. The SMILES string of the molecule is CCCCCC1CCC(c2ccc(OCCCCCCCCCCCO[PH](=O)OCCCCCCCCCCCOc3ccc(C4CCC(CCCCC)CC4)cc3F)c(F)c2)CC1. The van der Waals surface area contributed by atoms with Crippen molar-refractivity contribution in [3.05, 3.63) is 59.2 Å². The van der Waals surface area contributed by atoms with Gasteiger partial charge in [0.25, 0.3) is 0 Å². The molecule has 366 valence electrons. The Bertz CT molecular complexity index is 1370. The van der Waals surface area contributed by atoms with E-state index in [2.05, 4.69) is 26.0 Å². The lowest BCUT2D eigenvalue weighted by Crippen LogP contribution is -2.13. The Labute approximate surface area is 391 Å². The molecule has 4 rings (SSSR count). The van der Waals surface area contributed by atoms with Gasteiger partial charge in [0.2, 0.25) is 0 Å². The van der Waals surface area contributed by atoms with Crippen molar-refractivity contribution < 1.29 is 31.9 Å². The highest BCUT2D eigenvalue weighted by molar-refractivity contribution is 7.33. The summed E-state index contributed by atoms with van der Waals surface area (Å²) in [5.74, 6) is 3.13. The van der Waals surface area contributed by atoms with Gasteiger partial charge in [-0.2, -0.15) is 0 Å². The molecule has 0 aliphatic heterocycles. The molecule has 0 N–H and O–H groups in total. The van der Waals surface area contributed by atoms with Crippen LogP contribution in [0.15, 0.2) is 36.4 Å². The standard InChI is InChI=1S/C56H93F2O5P/c1-3-5-21-27-47-29-33-49(34-30-47)51-37-39-55(53(57)45-51)60-41-23-17-13-9-7-11-15-19-25-43-62-64(59)63-44-26-20-16-12-8-10-14-18-24-42-61-56-40-38-52(46-54(56)58)50-35-31-48(32-36-50)28-22-6-4-2/h37-40,45-50,64H,3-36,41-44H2,1-2H3. The number of rotatable bonds is 38. The van der Waals surface area contributed by atoms with Crippen molar-refractivity contribution in [2.45, 2.75) is 244 Å². The second kappa shape index (κ2) is 35.2. The van der Waals surface area contributed by atoms with E-state index >= 15 is 0 Å². The summed E-state index contributed by atoms with van der Waals surface area (Å²) in [6.45, 7) is 6.71. The topological polar surface area (TPSA) is 54.0 Å². The molecule has 0 unspecified atom stereocenters. The molecule has 2 saturated carbocycles. The van der Waals surface area contributed by atoms with Crippen LogP contribution in [0.1, 0.15) is 255 Å². The van der Waals surface area contributed by atoms with E-state index in [0.717, 1.165) is 74.3 Å². The molecular formula is C56H93F2O5P. The third-order valence-corrected chi connectivity index (χ3v) is 15.4. The Morgan fingerprint density at radius 2 is 0.766 bits per heavy atom. The predicted octanol–water partition coefficient (Wildman–Crippen LogP) is 18.6. The Kier molecular flexibility index (Phi) is 30.1. The average molecular weight is 915 g/mol. The van der Waals surface area contributed by atoms with Crippen molar-refractivity contribution in [3.63, 3.8) is 0 Å². The maximum absolute atomic E-state index is 14.8. The van der Waals surface area contributed by atoms with Crippen LogP contribution in [-0.4, -0.2) is 26.4 Å². The molecule has 2 aliphatic rings. The molecule has 0 aromatic heterocycles. The van der Waals surface area contributed by atoms with Crippen LogP contribution in [0.2, 0.25) is 0 Å². The zero-order valence-corrected chi connectivity index (χ0v) is 41.9. The van der Waals surface area contributed by atoms with Crippen LogP contribution in [0.3, 0.4) is 0 Å². The van der Waals surface area contributed by atoms with Gasteiger partial charge in [-0.1, -0.05) is 167 Å². The van der Waals surface area contributed by atoms with Gasteiger partial charge in [0, 0.05) is 0 Å². The largest absolute Gasteiger partial charge is 0.491 e. The van der Waals surface area contributed by atoms with E-state index in [1.807, 2.05) is 12.1 Å². The summed E-state index contributed by atoms with van der Waals surface area (Å²) in [7, 11) is -2.39. The average Bonchev–Trinajstić information content (AvgIpc) is 3.31. The minimum absolute atomic E-state index is 0.205. The van der Waals surface area contributed by atoms with Gasteiger partial charge >= 0.3 is 8.25 Å². The number of halogens is 2. The quantitative estimate of drug-likeness (QED) is 0.0496. The van der Waals surface area contributed by atoms with Crippen molar-refractivity contribution in [2.24, 2.45) is 11.8 Å². The molecule has 0 atom stereocenters. The van der Waals surface area contributed by atoms with Crippen molar-refractivity contribution in [1.82, 2.24) is 0 Å². The van der Waals surface area contributed by atoms with Gasteiger partial charge in [-0.15, -0.1) is 0 Å². The number of hydrogen-bond acceptors (Lipinski definition) is 5. The van der Waals surface area contributed by atoms with E-state index in [-0.39, 0.29) is 11.6 Å². The molecule has 0 spiro atoms. The molecule has 2 aromatic rings. The fourth-order valence-electron chi connectivity index (χ4n) is 10.3. The van der Waals surface area contributed by atoms with Crippen LogP contribution in [0.25, 0.3) is 0 Å². The Morgan fingerprint density at radius 1 is 0.438 bits per heavy atom. The Balaban J connectivity index is 0.843. The number of hydrogen-bond donors (Lipinski definition) is 0. The van der Waals surface area contributed by atoms with Crippen molar-refractivity contribution in [1.29, 1.82) is 0 Å². The van der Waals surface area contributed by atoms with Crippen LogP contribution in [0.5, 0.6) is 11.5 Å². The smallest absolute Gasteiger partial charge is 0.319 e. The lowest BCUT2D eigenvalue weighted by Gasteiger charge is -2.29. The number of ether oxygens (including phenoxy) is 2.